The Hall–Kier alpha value is -2.63. The van der Waals surface area contributed by atoms with Crippen LogP contribution < -0.4 is 4.90 Å². The molecule has 0 unspecified atom stereocenters. The molecule has 6 nitrogen and oxygen atoms in total. The highest BCUT2D eigenvalue weighted by molar-refractivity contribution is 6.12. The minimum Gasteiger partial charge on any atom is -0.314 e. The maximum absolute atomic E-state index is 11.6. The first-order chi connectivity index (χ1) is 10.9. The topological polar surface area (TPSA) is 71.9 Å². The Labute approximate surface area is 127 Å². The number of anilines is 1. The summed E-state index contributed by atoms with van der Waals surface area (Å²) in [5, 5.41) is 17.3. The van der Waals surface area contributed by atoms with Gasteiger partial charge in [0.1, 0.15) is 11.0 Å². The van der Waals surface area contributed by atoms with Crippen LogP contribution in [-0.2, 0) is 4.79 Å². The van der Waals surface area contributed by atoms with Crippen LogP contribution in [0.2, 0.25) is 0 Å². The van der Waals surface area contributed by atoms with E-state index >= 15 is 0 Å². The summed E-state index contributed by atoms with van der Waals surface area (Å²) >= 11 is 0. The van der Waals surface area contributed by atoms with Gasteiger partial charge in [-0.15, -0.1) is 10.2 Å². The van der Waals surface area contributed by atoms with Crippen LogP contribution >= 0.6 is 0 Å². The van der Waals surface area contributed by atoms with Gasteiger partial charge in [-0.3, -0.25) is 4.79 Å². The lowest BCUT2D eigenvalue weighted by molar-refractivity contribution is -0.107. The Balaban J connectivity index is 1.87. The van der Waals surface area contributed by atoms with E-state index in [9.17, 15) is 4.79 Å². The van der Waals surface area contributed by atoms with Gasteiger partial charge in [-0.1, -0.05) is 31.0 Å². The zero-order valence-corrected chi connectivity index (χ0v) is 12.0. The molecule has 4 rings (SSSR count). The molecule has 22 heavy (non-hydrogen) atoms. The zero-order chi connectivity index (χ0) is 14.9. The summed E-state index contributed by atoms with van der Waals surface area (Å²) in [6, 6.07) is 9.76. The zero-order valence-electron chi connectivity index (χ0n) is 12.0. The largest absolute Gasteiger partial charge is 0.314 e. The van der Waals surface area contributed by atoms with E-state index in [4.69, 9.17) is 0 Å². The molecule has 0 spiro atoms. The molecule has 1 fully saturated rings. The number of carbonyl (C=O) groups is 1. The fourth-order valence-corrected chi connectivity index (χ4v) is 2.84. The number of fused-ring (bicyclic) bond motifs is 3. The van der Waals surface area contributed by atoms with Crippen LogP contribution in [-0.4, -0.2) is 33.6 Å². The van der Waals surface area contributed by atoms with Gasteiger partial charge in [-0.2, -0.15) is 0 Å². The molecule has 0 radical (unpaired) electrons. The van der Waals surface area contributed by atoms with E-state index in [0.717, 1.165) is 41.8 Å². The van der Waals surface area contributed by atoms with Gasteiger partial charge >= 0.3 is 0 Å². The summed E-state index contributed by atoms with van der Waals surface area (Å²) in [5.74, 6) is 0.778. The molecular formula is C16H15N5O. The number of nitrogens with zero attached hydrogens (tertiary/aromatic N) is 5. The molecule has 3 aromatic rings. The molecule has 110 valence electrons. The SMILES string of the molecule is O=CN(CCC1CC1)c1cccc2ccc3nnnnc3c12. The third-order valence-electron chi connectivity index (χ3n) is 4.22. The summed E-state index contributed by atoms with van der Waals surface area (Å²) in [7, 11) is 0. The number of aromatic nitrogens is 4. The summed E-state index contributed by atoms with van der Waals surface area (Å²) in [6.07, 6.45) is 4.52. The van der Waals surface area contributed by atoms with Crippen molar-refractivity contribution in [2.24, 2.45) is 5.92 Å². The van der Waals surface area contributed by atoms with E-state index in [-0.39, 0.29) is 0 Å². The number of amides is 1. The first-order valence-corrected chi connectivity index (χ1v) is 7.46. The van der Waals surface area contributed by atoms with Gasteiger partial charge in [-0.25, -0.2) is 0 Å². The molecule has 0 saturated heterocycles. The van der Waals surface area contributed by atoms with Gasteiger partial charge in [-0.05, 0) is 40.3 Å². The predicted molar refractivity (Wildman–Crippen MR) is 83.4 cm³/mol. The maximum Gasteiger partial charge on any atom is 0.214 e. The quantitative estimate of drug-likeness (QED) is 0.533. The molecule has 2 aromatic carbocycles. The van der Waals surface area contributed by atoms with Gasteiger partial charge in [0, 0.05) is 11.9 Å². The third kappa shape index (κ3) is 2.26. The molecule has 1 saturated carbocycles. The Morgan fingerprint density at radius 1 is 1.14 bits per heavy atom. The van der Waals surface area contributed by atoms with Crippen LogP contribution in [0.3, 0.4) is 0 Å². The number of rotatable bonds is 5. The van der Waals surface area contributed by atoms with E-state index in [1.165, 1.54) is 12.8 Å². The monoisotopic (exact) mass is 293 g/mol. The molecular weight excluding hydrogens is 278 g/mol. The molecule has 6 heteroatoms. The summed E-state index contributed by atoms with van der Waals surface area (Å²) in [5.41, 5.74) is 2.23. The Morgan fingerprint density at radius 2 is 2.00 bits per heavy atom. The average molecular weight is 293 g/mol. The van der Waals surface area contributed by atoms with Gasteiger partial charge in [0.15, 0.2) is 0 Å². The molecule has 1 aliphatic rings. The first-order valence-electron chi connectivity index (χ1n) is 7.46. The van der Waals surface area contributed by atoms with Crippen molar-refractivity contribution in [3.63, 3.8) is 0 Å². The van der Waals surface area contributed by atoms with Crippen molar-refractivity contribution in [2.75, 3.05) is 11.4 Å². The lowest BCUT2D eigenvalue weighted by atomic mass is 10.1. The molecule has 1 heterocycles. The Morgan fingerprint density at radius 3 is 2.82 bits per heavy atom. The second-order valence-corrected chi connectivity index (χ2v) is 5.72. The van der Waals surface area contributed by atoms with Gasteiger partial charge in [0.2, 0.25) is 6.41 Å². The fourth-order valence-electron chi connectivity index (χ4n) is 2.84. The van der Waals surface area contributed by atoms with Crippen molar-refractivity contribution in [2.45, 2.75) is 19.3 Å². The van der Waals surface area contributed by atoms with E-state index in [1.54, 1.807) is 4.90 Å². The second kappa shape index (κ2) is 5.29. The minimum absolute atomic E-state index is 0.682. The molecule has 1 aromatic heterocycles. The van der Waals surface area contributed by atoms with Crippen LogP contribution in [0.15, 0.2) is 30.3 Å². The van der Waals surface area contributed by atoms with Gasteiger partial charge in [0.25, 0.3) is 0 Å². The van der Waals surface area contributed by atoms with Crippen LogP contribution in [0.1, 0.15) is 19.3 Å². The Kier molecular flexibility index (Phi) is 3.14. The van der Waals surface area contributed by atoms with Crippen molar-refractivity contribution < 1.29 is 4.79 Å². The van der Waals surface area contributed by atoms with E-state index in [0.29, 0.717) is 11.0 Å². The number of benzene rings is 2. The number of hydrogen-bond donors (Lipinski definition) is 0. The summed E-state index contributed by atoms with van der Waals surface area (Å²) in [6.45, 7) is 0.732. The van der Waals surface area contributed by atoms with Crippen molar-refractivity contribution in [1.82, 2.24) is 20.6 Å². The normalized spacial score (nSPS) is 14.4. The molecule has 0 N–H and O–H groups in total. The molecule has 1 amide bonds. The minimum atomic E-state index is 0.682. The van der Waals surface area contributed by atoms with E-state index < -0.39 is 0 Å². The standard InChI is InChI=1S/C16H15N5O/c22-10-21(9-8-11-4-5-11)14-3-1-2-12-6-7-13-16(15(12)14)18-20-19-17-13/h1-3,6-7,10-11H,4-5,8-9H2. The van der Waals surface area contributed by atoms with Crippen LogP contribution in [0, 0.1) is 5.92 Å². The summed E-state index contributed by atoms with van der Waals surface area (Å²) < 4.78 is 0. The van der Waals surface area contributed by atoms with Crippen LogP contribution in [0.25, 0.3) is 21.8 Å². The smallest absolute Gasteiger partial charge is 0.214 e. The fraction of sp³-hybridized carbons (Fsp3) is 0.312. The molecule has 0 bridgehead atoms. The van der Waals surface area contributed by atoms with Crippen LogP contribution in [0.5, 0.6) is 0 Å². The number of hydrogen-bond acceptors (Lipinski definition) is 5. The predicted octanol–water partition coefficient (Wildman–Crippen LogP) is 2.34. The van der Waals surface area contributed by atoms with Gasteiger partial charge in [0.05, 0.1) is 5.69 Å². The van der Waals surface area contributed by atoms with Crippen molar-refractivity contribution in [3.8, 4) is 0 Å². The summed E-state index contributed by atoms with van der Waals surface area (Å²) in [4.78, 5) is 13.3. The second-order valence-electron chi connectivity index (χ2n) is 5.72. The maximum atomic E-state index is 11.6. The lowest BCUT2D eigenvalue weighted by Gasteiger charge is -2.19. The van der Waals surface area contributed by atoms with E-state index in [1.807, 2.05) is 30.3 Å². The highest BCUT2D eigenvalue weighted by Gasteiger charge is 2.22. The highest BCUT2D eigenvalue weighted by atomic mass is 16.1. The van der Waals surface area contributed by atoms with Gasteiger partial charge < -0.3 is 4.90 Å². The number of carbonyl (C=O) groups excluding carboxylic acids is 1. The first kappa shape index (κ1) is 13.1. The van der Waals surface area contributed by atoms with Crippen LogP contribution in [0.4, 0.5) is 5.69 Å². The lowest BCUT2D eigenvalue weighted by Crippen LogP contribution is -2.23. The van der Waals surface area contributed by atoms with Crippen molar-refractivity contribution in [3.05, 3.63) is 30.3 Å². The highest BCUT2D eigenvalue weighted by Crippen LogP contribution is 2.35. The third-order valence-corrected chi connectivity index (χ3v) is 4.22. The molecule has 0 aliphatic heterocycles. The molecule has 1 aliphatic carbocycles. The van der Waals surface area contributed by atoms with Crippen molar-refractivity contribution in [1.29, 1.82) is 0 Å². The molecule has 0 atom stereocenters. The van der Waals surface area contributed by atoms with Crippen molar-refractivity contribution >= 4 is 33.9 Å². The average Bonchev–Trinajstić information content (AvgIpc) is 3.39. The Bertz CT molecular complexity index is 846. The van der Waals surface area contributed by atoms with E-state index in [2.05, 4.69) is 20.6 Å².